The molecule has 3 nitrogen and oxygen atoms in total. The van der Waals surface area contributed by atoms with Crippen molar-refractivity contribution in [2.45, 2.75) is 26.3 Å². The maximum absolute atomic E-state index is 5.34. The molecular formula is C13H17NO2. The zero-order valence-corrected chi connectivity index (χ0v) is 9.75. The summed E-state index contributed by atoms with van der Waals surface area (Å²) in [6.07, 6.45) is 0.948. The van der Waals surface area contributed by atoms with Crippen molar-refractivity contribution in [3.05, 3.63) is 36.0 Å². The van der Waals surface area contributed by atoms with Crippen molar-refractivity contribution in [2.24, 2.45) is 0 Å². The van der Waals surface area contributed by atoms with Gasteiger partial charge < -0.3 is 14.8 Å². The second-order valence-corrected chi connectivity index (χ2v) is 4.22. The minimum absolute atomic E-state index is 0.332. The zero-order valence-electron chi connectivity index (χ0n) is 9.75. The molecule has 1 aliphatic rings. The third-order valence-electron chi connectivity index (χ3n) is 2.47. The smallest absolute Gasteiger partial charge is 0.231 e. The molecule has 1 aromatic rings. The van der Waals surface area contributed by atoms with E-state index in [9.17, 15) is 0 Å². The van der Waals surface area contributed by atoms with Crippen LogP contribution in [0.1, 0.15) is 19.4 Å². The first kappa shape index (κ1) is 10.9. The van der Waals surface area contributed by atoms with Crippen LogP contribution in [0.3, 0.4) is 0 Å². The number of rotatable bonds is 4. The molecule has 1 N–H and O–H groups in total. The summed E-state index contributed by atoms with van der Waals surface area (Å²) in [4.78, 5) is 0. The van der Waals surface area contributed by atoms with E-state index in [0.29, 0.717) is 12.8 Å². The summed E-state index contributed by atoms with van der Waals surface area (Å²) in [5.74, 6) is 1.68. The van der Waals surface area contributed by atoms with Gasteiger partial charge >= 0.3 is 0 Å². The van der Waals surface area contributed by atoms with Crippen LogP contribution in [0.4, 0.5) is 0 Å². The fourth-order valence-corrected chi connectivity index (χ4v) is 1.89. The minimum atomic E-state index is 0.332. The van der Waals surface area contributed by atoms with E-state index in [1.54, 1.807) is 0 Å². The second kappa shape index (κ2) is 4.47. The molecular weight excluding hydrogens is 202 g/mol. The predicted octanol–water partition coefficient (Wildman–Crippen LogP) is 2.47. The van der Waals surface area contributed by atoms with E-state index in [1.807, 2.05) is 19.1 Å². The molecule has 2 rings (SSSR count). The quantitative estimate of drug-likeness (QED) is 0.843. The van der Waals surface area contributed by atoms with Gasteiger partial charge in [-0.2, -0.15) is 0 Å². The van der Waals surface area contributed by atoms with Gasteiger partial charge in [-0.15, -0.1) is 0 Å². The first-order valence-electron chi connectivity index (χ1n) is 5.46. The van der Waals surface area contributed by atoms with Gasteiger partial charge in [-0.1, -0.05) is 12.6 Å². The topological polar surface area (TPSA) is 30.5 Å². The van der Waals surface area contributed by atoms with E-state index >= 15 is 0 Å². The van der Waals surface area contributed by atoms with Gasteiger partial charge in [0.15, 0.2) is 11.5 Å². The first-order valence-corrected chi connectivity index (χ1v) is 5.46. The van der Waals surface area contributed by atoms with Gasteiger partial charge in [0.2, 0.25) is 6.79 Å². The summed E-state index contributed by atoms with van der Waals surface area (Å²) in [5, 5.41) is 3.29. The summed E-state index contributed by atoms with van der Waals surface area (Å²) in [6.45, 7) is 8.28. The predicted molar refractivity (Wildman–Crippen MR) is 63.7 cm³/mol. The van der Waals surface area contributed by atoms with Crippen LogP contribution in [0.5, 0.6) is 11.5 Å². The lowest BCUT2D eigenvalue weighted by atomic mass is 10.1. The van der Waals surface area contributed by atoms with Crippen LogP contribution in [0, 0.1) is 0 Å². The summed E-state index contributed by atoms with van der Waals surface area (Å²) in [5.41, 5.74) is 2.23. The van der Waals surface area contributed by atoms with E-state index in [0.717, 1.165) is 23.6 Å². The molecule has 0 fully saturated rings. The van der Waals surface area contributed by atoms with Gasteiger partial charge in [0.1, 0.15) is 0 Å². The third-order valence-corrected chi connectivity index (χ3v) is 2.47. The number of ether oxygens (including phenoxy) is 2. The maximum Gasteiger partial charge on any atom is 0.231 e. The van der Waals surface area contributed by atoms with Gasteiger partial charge in [0.05, 0.1) is 0 Å². The minimum Gasteiger partial charge on any atom is -0.454 e. The van der Waals surface area contributed by atoms with Crippen LogP contribution in [0.2, 0.25) is 0 Å². The van der Waals surface area contributed by atoms with Crippen LogP contribution in [-0.2, 0) is 6.42 Å². The van der Waals surface area contributed by atoms with E-state index in [1.165, 1.54) is 5.56 Å². The van der Waals surface area contributed by atoms with E-state index in [2.05, 4.69) is 24.9 Å². The average molecular weight is 219 g/mol. The number of allylic oxidation sites excluding steroid dienone is 1. The molecule has 1 atom stereocenters. The van der Waals surface area contributed by atoms with Crippen molar-refractivity contribution >= 4 is 0 Å². The molecule has 1 aliphatic heterocycles. The van der Waals surface area contributed by atoms with Crippen molar-refractivity contribution in [3.63, 3.8) is 0 Å². The van der Waals surface area contributed by atoms with Gasteiger partial charge in [-0.05, 0) is 38.0 Å². The van der Waals surface area contributed by atoms with Gasteiger partial charge in [-0.3, -0.25) is 0 Å². The van der Waals surface area contributed by atoms with Crippen molar-refractivity contribution in [3.8, 4) is 11.5 Å². The normalized spacial score (nSPS) is 14.6. The monoisotopic (exact) mass is 219 g/mol. The first-order chi connectivity index (χ1) is 7.65. The molecule has 1 unspecified atom stereocenters. The molecule has 0 amide bonds. The molecule has 0 aliphatic carbocycles. The third kappa shape index (κ3) is 2.48. The lowest BCUT2D eigenvalue weighted by Crippen LogP contribution is -2.25. The molecule has 16 heavy (non-hydrogen) atoms. The molecule has 0 bridgehead atoms. The highest BCUT2D eigenvalue weighted by Gasteiger charge is 2.13. The maximum atomic E-state index is 5.34. The van der Waals surface area contributed by atoms with Gasteiger partial charge in [0.25, 0.3) is 0 Å². The highest BCUT2D eigenvalue weighted by molar-refractivity contribution is 5.44. The molecule has 1 heterocycles. The largest absolute Gasteiger partial charge is 0.454 e. The van der Waals surface area contributed by atoms with E-state index in [-0.39, 0.29) is 0 Å². The Kier molecular flexibility index (Phi) is 3.04. The summed E-state index contributed by atoms with van der Waals surface area (Å²) < 4.78 is 10.6. The van der Waals surface area contributed by atoms with Crippen molar-refractivity contribution in [2.75, 3.05) is 6.79 Å². The lowest BCUT2D eigenvalue weighted by Gasteiger charge is -2.14. The highest BCUT2D eigenvalue weighted by atomic mass is 16.7. The SMILES string of the molecule is C=C(C)NC(C)Cc1ccc2c(c1)OCO2. The zero-order chi connectivity index (χ0) is 11.5. The fourth-order valence-electron chi connectivity index (χ4n) is 1.89. The Morgan fingerprint density at radius 2 is 2.19 bits per heavy atom. The summed E-state index contributed by atoms with van der Waals surface area (Å²) >= 11 is 0. The summed E-state index contributed by atoms with van der Waals surface area (Å²) in [6, 6.07) is 6.45. The summed E-state index contributed by atoms with van der Waals surface area (Å²) in [7, 11) is 0. The Labute approximate surface area is 96.1 Å². The van der Waals surface area contributed by atoms with Crippen LogP contribution in [0.25, 0.3) is 0 Å². The highest BCUT2D eigenvalue weighted by Crippen LogP contribution is 2.32. The van der Waals surface area contributed by atoms with Crippen LogP contribution in [-0.4, -0.2) is 12.8 Å². The number of hydrogen-bond acceptors (Lipinski definition) is 3. The number of hydrogen-bond donors (Lipinski definition) is 1. The van der Waals surface area contributed by atoms with Crippen LogP contribution >= 0.6 is 0 Å². The molecule has 1 aromatic carbocycles. The molecule has 0 radical (unpaired) electrons. The Bertz CT molecular complexity index is 401. The number of benzene rings is 1. The fraction of sp³-hybridized carbons (Fsp3) is 0.385. The molecule has 86 valence electrons. The molecule has 3 heteroatoms. The second-order valence-electron chi connectivity index (χ2n) is 4.22. The Hall–Kier alpha value is -1.64. The van der Waals surface area contributed by atoms with Crippen LogP contribution in [0.15, 0.2) is 30.5 Å². The Morgan fingerprint density at radius 1 is 1.44 bits per heavy atom. The molecule has 0 spiro atoms. The van der Waals surface area contributed by atoms with E-state index < -0.39 is 0 Å². The van der Waals surface area contributed by atoms with Crippen molar-refractivity contribution in [1.82, 2.24) is 5.32 Å². The molecule has 0 saturated carbocycles. The number of nitrogens with one attached hydrogen (secondary N) is 1. The van der Waals surface area contributed by atoms with Crippen LogP contribution < -0.4 is 14.8 Å². The molecule has 0 aromatic heterocycles. The standard InChI is InChI=1S/C13H17NO2/c1-9(2)14-10(3)6-11-4-5-12-13(7-11)16-8-15-12/h4-5,7,10,14H,1,6,8H2,2-3H3. The Balaban J connectivity index is 2.02. The van der Waals surface area contributed by atoms with Crippen molar-refractivity contribution in [1.29, 1.82) is 0 Å². The van der Waals surface area contributed by atoms with Gasteiger partial charge in [-0.25, -0.2) is 0 Å². The molecule has 0 saturated heterocycles. The number of fused-ring (bicyclic) bond motifs is 1. The lowest BCUT2D eigenvalue weighted by molar-refractivity contribution is 0.174. The van der Waals surface area contributed by atoms with Crippen molar-refractivity contribution < 1.29 is 9.47 Å². The van der Waals surface area contributed by atoms with E-state index in [4.69, 9.17) is 9.47 Å². The average Bonchev–Trinajstić information content (AvgIpc) is 2.63. The van der Waals surface area contributed by atoms with Gasteiger partial charge in [0, 0.05) is 11.7 Å². The Morgan fingerprint density at radius 3 is 2.94 bits per heavy atom.